The summed E-state index contributed by atoms with van der Waals surface area (Å²) < 4.78 is 122. The predicted molar refractivity (Wildman–Crippen MR) is 67.8 cm³/mol. The van der Waals surface area contributed by atoms with E-state index in [0.29, 0.717) is 0 Å². The van der Waals surface area contributed by atoms with Crippen molar-refractivity contribution in [3.8, 4) is 0 Å². The predicted octanol–water partition coefficient (Wildman–Crippen LogP) is -0.161. The number of hydrogen-bond acceptors (Lipinski definition) is 4. The Kier molecular flexibility index (Phi) is 7.94. The molecule has 0 fully saturated rings. The van der Waals surface area contributed by atoms with Gasteiger partial charge < -0.3 is 4.13 Å². The summed E-state index contributed by atoms with van der Waals surface area (Å²) >= 11 is 0. The van der Waals surface area contributed by atoms with Gasteiger partial charge in [0.1, 0.15) is 0 Å². The van der Waals surface area contributed by atoms with Gasteiger partial charge in [-0.3, -0.25) is 0 Å². The molecule has 16 heteroatoms. The third kappa shape index (κ3) is 5.96. The van der Waals surface area contributed by atoms with E-state index in [1.165, 1.54) is 6.07 Å². The van der Waals surface area contributed by atoms with Crippen LogP contribution in [0.2, 0.25) is 0 Å². The van der Waals surface area contributed by atoms with Gasteiger partial charge in [-0.25, -0.2) is 8.42 Å². The smallest absolute Gasteiger partial charge is 0.469 e. The van der Waals surface area contributed by atoms with E-state index in [-0.39, 0.29) is 29.6 Å². The summed E-state index contributed by atoms with van der Waals surface area (Å²) in [5.74, 6) is 0. The van der Waals surface area contributed by atoms with Crippen LogP contribution in [0.5, 0.6) is 0 Å². The Morgan fingerprint density at radius 2 is 1.33 bits per heavy atom. The first-order valence-corrected chi connectivity index (χ1v) is 9.07. The summed E-state index contributed by atoms with van der Waals surface area (Å²) in [6.45, 7) is 0. The van der Waals surface area contributed by atoms with E-state index < -0.39 is 46.8 Å². The van der Waals surface area contributed by atoms with E-state index in [2.05, 4.69) is 7.90 Å². The maximum atomic E-state index is 12.3. The number of nitrogens with zero attached hydrogens (tertiary/aromatic N) is 2. The number of rotatable bonds is 4. The Morgan fingerprint density at radius 1 is 0.875 bits per heavy atom. The molecule has 1 rings (SSSR count). The molecule has 6 nitrogen and oxygen atoms in total. The third-order valence-electron chi connectivity index (χ3n) is 1.88. The molecular formula is C8H5F6N2NaO4S3. The molecule has 0 aliphatic carbocycles. The molecular weight excluding hydrogens is 421 g/mol. The summed E-state index contributed by atoms with van der Waals surface area (Å²) in [6.07, 6.45) is 0. The van der Waals surface area contributed by atoms with Crippen molar-refractivity contribution in [3.05, 3.63) is 34.5 Å². The molecule has 1 unspecified atom stereocenters. The fraction of sp³-hybridized carbons (Fsp3) is 0.250. The van der Waals surface area contributed by atoms with Gasteiger partial charge in [0.05, 0.1) is 0 Å². The van der Waals surface area contributed by atoms with Crippen LogP contribution in [0.1, 0.15) is 0 Å². The molecule has 0 radical (unpaired) electrons. The van der Waals surface area contributed by atoms with Crippen LogP contribution in [0.4, 0.5) is 26.3 Å². The fourth-order valence-electron chi connectivity index (χ4n) is 0.912. The van der Waals surface area contributed by atoms with Crippen LogP contribution in [0.25, 0.3) is 4.13 Å². The molecule has 1 aromatic rings. The molecule has 0 aromatic heterocycles. The van der Waals surface area contributed by atoms with Gasteiger partial charge in [-0.1, -0.05) is 18.2 Å². The number of hydrogen-bond donors (Lipinski definition) is 0. The van der Waals surface area contributed by atoms with Crippen molar-refractivity contribution >= 4 is 30.9 Å². The summed E-state index contributed by atoms with van der Waals surface area (Å²) in [4.78, 5) is -0.562. The Balaban J connectivity index is 0.00000529. The van der Waals surface area contributed by atoms with E-state index in [9.17, 15) is 43.2 Å². The fourth-order valence-corrected chi connectivity index (χ4v) is 4.52. The van der Waals surface area contributed by atoms with Crippen LogP contribution < -0.4 is 29.6 Å². The average Bonchev–Trinajstić information content (AvgIpc) is 2.35. The summed E-state index contributed by atoms with van der Waals surface area (Å²) in [7, 11) is -15.6. The SMILES string of the molecule is O=S(=O)(N=S([N-]S(=O)(=O)C(F)(F)F)c1ccccc1)C(F)(F)F.[Na+]. The molecule has 0 N–H and O–H groups in total. The quantitative estimate of drug-likeness (QED) is 0.494. The zero-order valence-electron chi connectivity index (χ0n) is 11.4. The minimum Gasteiger partial charge on any atom is -0.469 e. The molecule has 0 saturated heterocycles. The second-order valence-corrected chi connectivity index (χ2v) is 8.59. The minimum atomic E-state index is -6.25. The van der Waals surface area contributed by atoms with Crippen molar-refractivity contribution in [1.29, 1.82) is 0 Å². The average molecular weight is 426 g/mol. The van der Waals surface area contributed by atoms with Crippen molar-refractivity contribution in [2.45, 2.75) is 15.9 Å². The molecule has 0 spiro atoms. The molecule has 0 aliphatic heterocycles. The molecule has 1 atom stereocenters. The van der Waals surface area contributed by atoms with Crippen LogP contribution in [-0.4, -0.2) is 27.9 Å². The van der Waals surface area contributed by atoms with Gasteiger partial charge in [0, 0.05) is 4.90 Å². The minimum absolute atomic E-state index is 0. The van der Waals surface area contributed by atoms with Crippen LogP contribution in [0.15, 0.2) is 39.0 Å². The summed E-state index contributed by atoms with van der Waals surface area (Å²) in [6, 6.07) is 5.32. The van der Waals surface area contributed by atoms with E-state index in [1.807, 2.05) is 0 Å². The van der Waals surface area contributed by atoms with Crippen molar-refractivity contribution in [2.75, 3.05) is 0 Å². The first-order chi connectivity index (χ1) is 10.2. The van der Waals surface area contributed by atoms with Crippen LogP contribution in [0, 0.1) is 0 Å². The van der Waals surface area contributed by atoms with E-state index >= 15 is 0 Å². The normalized spacial score (nSPS) is 14.9. The van der Waals surface area contributed by atoms with Gasteiger partial charge in [-0.2, -0.15) is 34.8 Å². The van der Waals surface area contributed by atoms with Crippen molar-refractivity contribution < 1.29 is 72.7 Å². The molecule has 0 heterocycles. The first kappa shape index (κ1) is 23.8. The second-order valence-electron chi connectivity index (χ2n) is 3.57. The molecule has 132 valence electrons. The molecule has 0 saturated carbocycles. The van der Waals surface area contributed by atoms with E-state index in [1.54, 1.807) is 0 Å². The third-order valence-corrected chi connectivity index (χ3v) is 6.44. The zero-order valence-corrected chi connectivity index (χ0v) is 15.9. The zero-order chi connectivity index (χ0) is 18.1. The van der Waals surface area contributed by atoms with Gasteiger partial charge in [0.15, 0.2) is 10.0 Å². The molecule has 0 bridgehead atoms. The van der Waals surface area contributed by atoms with Crippen LogP contribution in [0.3, 0.4) is 0 Å². The van der Waals surface area contributed by atoms with Gasteiger partial charge >= 0.3 is 50.6 Å². The molecule has 24 heavy (non-hydrogen) atoms. The first-order valence-electron chi connectivity index (χ1n) is 5.05. The van der Waals surface area contributed by atoms with Gasteiger partial charge in [0.2, 0.25) is 0 Å². The van der Waals surface area contributed by atoms with Crippen LogP contribution in [-0.2, 0) is 30.9 Å². The van der Waals surface area contributed by atoms with E-state index in [4.69, 9.17) is 0 Å². The maximum Gasteiger partial charge on any atom is 1.00 e. The topological polar surface area (TPSA) is 94.7 Å². The molecule has 0 aliphatic rings. The summed E-state index contributed by atoms with van der Waals surface area (Å²) in [5.41, 5.74) is -11.8. The van der Waals surface area contributed by atoms with Crippen LogP contribution >= 0.6 is 0 Å². The van der Waals surface area contributed by atoms with Crippen molar-refractivity contribution in [3.63, 3.8) is 0 Å². The molecule has 1 aromatic carbocycles. The number of benzene rings is 1. The van der Waals surface area contributed by atoms with Crippen molar-refractivity contribution in [2.24, 2.45) is 3.77 Å². The maximum absolute atomic E-state index is 12.3. The van der Waals surface area contributed by atoms with Gasteiger partial charge in [0.25, 0.3) is 0 Å². The Labute approximate surface area is 157 Å². The number of sulfonamides is 2. The van der Waals surface area contributed by atoms with Gasteiger partial charge in [-0.15, -0.1) is 14.6 Å². The number of alkyl halides is 6. The molecule has 0 amide bonds. The number of halogens is 6. The second kappa shape index (κ2) is 8.01. The summed E-state index contributed by atoms with van der Waals surface area (Å²) in [5, 5.41) is 0. The standard InChI is InChI=1S/C8H5F6N2O4S3.Na/c9-7(10,11)22(17,18)15-21(6-4-2-1-3-5-6)16-23(19,20)8(12,13)14;/h1-5H;/q-1;+1. The van der Waals surface area contributed by atoms with Gasteiger partial charge in [-0.05, 0) is 12.1 Å². The Bertz CT molecular complexity index is 804. The Hall–Kier alpha value is -0.190. The largest absolute Gasteiger partial charge is 1.00 e. The Morgan fingerprint density at radius 3 is 1.71 bits per heavy atom. The monoisotopic (exact) mass is 426 g/mol. The van der Waals surface area contributed by atoms with Crippen molar-refractivity contribution in [1.82, 2.24) is 0 Å². The van der Waals surface area contributed by atoms with E-state index in [0.717, 1.165) is 24.3 Å².